The average molecular weight is 443 g/mol. The lowest BCUT2D eigenvalue weighted by atomic mass is 9.92. The highest BCUT2D eigenvalue weighted by atomic mass is 16.5. The second-order valence-electron chi connectivity index (χ2n) is 7.69. The van der Waals surface area contributed by atoms with Gasteiger partial charge in [-0.15, -0.1) is 0 Å². The Morgan fingerprint density at radius 1 is 0.970 bits per heavy atom. The van der Waals surface area contributed by atoms with Gasteiger partial charge in [-0.1, -0.05) is 66.7 Å². The van der Waals surface area contributed by atoms with Crippen LogP contribution in [0.5, 0.6) is 5.75 Å². The van der Waals surface area contributed by atoms with Gasteiger partial charge < -0.3 is 19.1 Å². The molecule has 0 saturated heterocycles. The van der Waals surface area contributed by atoms with E-state index in [2.05, 4.69) is 0 Å². The summed E-state index contributed by atoms with van der Waals surface area (Å²) in [5.41, 5.74) is 3.72. The Hall–Kier alpha value is -4.02. The lowest BCUT2D eigenvalue weighted by Gasteiger charge is -2.36. The summed E-state index contributed by atoms with van der Waals surface area (Å²) >= 11 is 0. The molecule has 1 aliphatic heterocycles. The predicted molar refractivity (Wildman–Crippen MR) is 123 cm³/mol. The molecule has 6 nitrogen and oxygen atoms in total. The second-order valence-corrected chi connectivity index (χ2v) is 7.69. The molecule has 6 heteroatoms. The van der Waals surface area contributed by atoms with Crippen molar-refractivity contribution in [3.63, 3.8) is 0 Å². The highest BCUT2D eigenvalue weighted by Crippen LogP contribution is 2.35. The summed E-state index contributed by atoms with van der Waals surface area (Å²) in [6.07, 6.45) is 0.616. The van der Waals surface area contributed by atoms with Crippen molar-refractivity contribution in [1.82, 2.24) is 4.90 Å². The van der Waals surface area contributed by atoms with Gasteiger partial charge in [0, 0.05) is 6.54 Å². The third-order valence-electron chi connectivity index (χ3n) is 5.58. The monoisotopic (exact) mass is 443 g/mol. The number of carbonyl (C=O) groups excluding carboxylic acids is 2. The summed E-state index contributed by atoms with van der Waals surface area (Å²) in [5, 5.41) is 0. The SMILES string of the molecule is COC(=O)C1c2ccc(OCc3ccccc3)cc2CCN1C(=C=O)OCc1ccccc1. The summed E-state index contributed by atoms with van der Waals surface area (Å²) in [7, 11) is 1.33. The fourth-order valence-electron chi connectivity index (χ4n) is 3.92. The molecule has 0 amide bonds. The van der Waals surface area contributed by atoms with Crippen LogP contribution in [-0.4, -0.2) is 30.5 Å². The highest BCUT2D eigenvalue weighted by Gasteiger charge is 2.36. The van der Waals surface area contributed by atoms with E-state index in [9.17, 15) is 9.59 Å². The van der Waals surface area contributed by atoms with Crippen molar-refractivity contribution >= 4 is 11.9 Å². The van der Waals surface area contributed by atoms with Crippen LogP contribution in [0.2, 0.25) is 0 Å². The molecule has 0 fully saturated rings. The van der Waals surface area contributed by atoms with Crippen LogP contribution in [0.15, 0.2) is 84.7 Å². The lowest BCUT2D eigenvalue weighted by molar-refractivity contribution is -0.148. The van der Waals surface area contributed by atoms with Crippen molar-refractivity contribution in [3.05, 3.63) is 107 Å². The van der Waals surface area contributed by atoms with E-state index < -0.39 is 12.0 Å². The van der Waals surface area contributed by atoms with Gasteiger partial charge in [0.2, 0.25) is 0 Å². The fraction of sp³-hybridized carbons (Fsp3) is 0.222. The third-order valence-corrected chi connectivity index (χ3v) is 5.58. The van der Waals surface area contributed by atoms with Crippen LogP contribution in [0.25, 0.3) is 0 Å². The number of fused-ring (bicyclic) bond motifs is 1. The highest BCUT2D eigenvalue weighted by molar-refractivity contribution is 5.79. The zero-order valence-corrected chi connectivity index (χ0v) is 18.4. The van der Waals surface area contributed by atoms with E-state index in [0.29, 0.717) is 19.6 Å². The molecule has 0 bridgehead atoms. The molecule has 1 atom stereocenters. The first-order chi connectivity index (χ1) is 16.2. The van der Waals surface area contributed by atoms with E-state index in [1.807, 2.05) is 84.8 Å². The fourth-order valence-corrected chi connectivity index (χ4v) is 3.92. The molecule has 1 heterocycles. The Balaban J connectivity index is 1.53. The minimum Gasteiger partial charge on any atom is -0.489 e. The summed E-state index contributed by atoms with van der Waals surface area (Å²) in [6.45, 7) is 1.07. The molecule has 1 aliphatic rings. The normalized spacial score (nSPS) is 14.6. The maximum atomic E-state index is 12.7. The van der Waals surface area contributed by atoms with Crippen LogP contribution in [0, 0.1) is 0 Å². The van der Waals surface area contributed by atoms with Crippen molar-refractivity contribution in [2.45, 2.75) is 25.7 Å². The van der Waals surface area contributed by atoms with Gasteiger partial charge in [0.15, 0.2) is 12.0 Å². The molecule has 168 valence electrons. The van der Waals surface area contributed by atoms with Crippen molar-refractivity contribution in [2.24, 2.45) is 0 Å². The number of esters is 1. The Morgan fingerprint density at radius 3 is 2.27 bits per heavy atom. The van der Waals surface area contributed by atoms with Gasteiger partial charge in [-0.05, 0) is 40.8 Å². The molecule has 0 radical (unpaired) electrons. The van der Waals surface area contributed by atoms with E-state index >= 15 is 0 Å². The van der Waals surface area contributed by atoms with E-state index in [1.54, 1.807) is 4.90 Å². The van der Waals surface area contributed by atoms with Crippen LogP contribution in [0.1, 0.15) is 28.3 Å². The number of nitrogens with zero attached hydrogens (tertiary/aromatic N) is 1. The summed E-state index contributed by atoms with van der Waals surface area (Å²) < 4.78 is 16.8. The molecule has 3 aromatic rings. The second kappa shape index (κ2) is 10.5. The van der Waals surface area contributed by atoms with Gasteiger partial charge in [-0.3, -0.25) is 0 Å². The predicted octanol–water partition coefficient (Wildman–Crippen LogP) is 4.23. The van der Waals surface area contributed by atoms with Gasteiger partial charge >= 0.3 is 5.97 Å². The largest absolute Gasteiger partial charge is 0.489 e. The van der Waals surface area contributed by atoms with Gasteiger partial charge in [0.25, 0.3) is 5.88 Å². The Labute approximate surface area is 193 Å². The minimum atomic E-state index is -0.797. The van der Waals surface area contributed by atoms with Crippen LogP contribution >= 0.6 is 0 Å². The Bertz CT molecular complexity index is 1140. The topological polar surface area (TPSA) is 65.1 Å². The van der Waals surface area contributed by atoms with Crippen LogP contribution in [0.3, 0.4) is 0 Å². The van der Waals surface area contributed by atoms with Crippen molar-refractivity contribution in [3.8, 4) is 5.75 Å². The van der Waals surface area contributed by atoms with E-state index in [1.165, 1.54) is 7.11 Å². The molecular weight excluding hydrogens is 418 g/mol. The first-order valence-corrected chi connectivity index (χ1v) is 10.8. The van der Waals surface area contributed by atoms with Crippen molar-refractivity contribution < 1.29 is 23.8 Å². The number of hydrogen-bond acceptors (Lipinski definition) is 6. The molecule has 0 aliphatic carbocycles. The van der Waals surface area contributed by atoms with E-state index in [0.717, 1.165) is 28.0 Å². The summed E-state index contributed by atoms with van der Waals surface area (Å²) in [4.78, 5) is 26.1. The third kappa shape index (κ3) is 5.25. The zero-order valence-electron chi connectivity index (χ0n) is 18.4. The first kappa shape index (κ1) is 22.2. The van der Waals surface area contributed by atoms with Gasteiger partial charge in [0.1, 0.15) is 19.0 Å². The standard InChI is InChI=1S/C27H25NO5/c1-31-27(30)26-24-13-12-23(32-18-20-8-4-2-5-9-20)16-22(24)14-15-28(26)25(17-29)33-19-21-10-6-3-7-11-21/h2-13,16,26H,14-15,18-19H2,1H3. The number of ether oxygens (including phenoxy) is 3. The van der Waals surface area contributed by atoms with Crippen LogP contribution < -0.4 is 4.74 Å². The molecule has 3 aromatic carbocycles. The maximum Gasteiger partial charge on any atom is 0.333 e. The molecule has 0 N–H and O–H groups in total. The molecule has 4 rings (SSSR count). The number of methoxy groups -OCH3 is 1. The molecular formula is C27H25NO5. The first-order valence-electron chi connectivity index (χ1n) is 10.8. The number of carbonyl (C=O) groups is 1. The lowest BCUT2D eigenvalue weighted by Crippen LogP contribution is -2.40. The van der Waals surface area contributed by atoms with Gasteiger partial charge in [-0.25, -0.2) is 9.59 Å². The molecule has 0 spiro atoms. The molecule has 33 heavy (non-hydrogen) atoms. The summed E-state index contributed by atoms with van der Waals surface area (Å²) in [5.74, 6) is 2.12. The molecule has 0 saturated carbocycles. The Kier molecular flexibility index (Phi) is 7.08. The Morgan fingerprint density at radius 2 is 1.64 bits per heavy atom. The van der Waals surface area contributed by atoms with Crippen molar-refractivity contribution in [1.29, 1.82) is 0 Å². The molecule has 1 unspecified atom stereocenters. The minimum absolute atomic E-state index is 0.00990. The number of hydrogen-bond donors (Lipinski definition) is 0. The number of rotatable bonds is 8. The van der Waals surface area contributed by atoms with E-state index in [4.69, 9.17) is 14.2 Å². The van der Waals surface area contributed by atoms with Crippen LogP contribution in [0.4, 0.5) is 0 Å². The van der Waals surface area contributed by atoms with Crippen molar-refractivity contribution in [2.75, 3.05) is 13.7 Å². The number of benzene rings is 3. The van der Waals surface area contributed by atoms with Gasteiger partial charge in [-0.2, -0.15) is 0 Å². The quantitative estimate of drug-likeness (QED) is 0.295. The van der Waals surface area contributed by atoms with Gasteiger partial charge in [0.05, 0.1) is 7.11 Å². The smallest absolute Gasteiger partial charge is 0.333 e. The van der Waals surface area contributed by atoms with Crippen LogP contribution in [-0.2, 0) is 38.7 Å². The average Bonchev–Trinajstić information content (AvgIpc) is 2.88. The summed E-state index contributed by atoms with van der Waals surface area (Å²) in [6, 6.07) is 24.3. The van der Waals surface area contributed by atoms with E-state index in [-0.39, 0.29) is 12.5 Å². The molecule has 0 aromatic heterocycles. The zero-order chi connectivity index (χ0) is 23.0. The maximum absolute atomic E-state index is 12.7.